The van der Waals surface area contributed by atoms with Crippen LogP contribution in [-0.2, 0) is 13.6 Å². The van der Waals surface area contributed by atoms with Crippen LogP contribution in [0, 0.1) is 6.92 Å². The Hall–Kier alpha value is -2.24. The summed E-state index contributed by atoms with van der Waals surface area (Å²) in [5, 5.41) is 4.06. The lowest BCUT2D eigenvalue weighted by Crippen LogP contribution is -2.27. The predicted molar refractivity (Wildman–Crippen MR) is 65.8 cm³/mol. The Kier molecular flexibility index (Phi) is 3.36. The highest BCUT2D eigenvalue weighted by atomic mass is 16.2. The topological polar surface area (TPSA) is 63.9 Å². The van der Waals surface area contributed by atoms with Gasteiger partial charge in [0, 0.05) is 38.6 Å². The van der Waals surface area contributed by atoms with Gasteiger partial charge in [0.25, 0.3) is 5.91 Å². The van der Waals surface area contributed by atoms with Gasteiger partial charge in [-0.25, -0.2) is 4.98 Å². The molecule has 0 N–H and O–H groups in total. The van der Waals surface area contributed by atoms with Gasteiger partial charge >= 0.3 is 0 Å². The Labute approximate surface area is 105 Å². The lowest BCUT2D eigenvalue weighted by Gasteiger charge is -2.15. The van der Waals surface area contributed by atoms with Crippen LogP contribution in [0.2, 0.25) is 0 Å². The van der Waals surface area contributed by atoms with Gasteiger partial charge in [0.2, 0.25) is 0 Å². The maximum Gasteiger partial charge on any atom is 0.274 e. The molecule has 6 nitrogen and oxygen atoms in total. The molecule has 0 fully saturated rings. The molecule has 1 amide bonds. The van der Waals surface area contributed by atoms with Gasteiger partial charge in [0.05, 0.1) is 18.1 Å². The van der Waals surface area contributed by atoms with Crippen molar-refractivity contribution in [1.29, 1.82) is 0 Å². The number of rotatable bonds is 3. The van der Waals surface area contributed by atoms with Crippen LogP contribution in [-0.4, -0.2) is 37.6 Å². The van der Waals surface area contributed by atoms with E-state index >= 15 is 0 Å². The summed E-state index contributed by atoms with van der Waals surface area (Å²) >= 11 is 0. The molecule has 2 heterocycles. The second kappa shape index (κ2) is 4.95. The third-order valence-electron chi connectivity index (χ3n) is 2.52. The van der Waals surface area contributed by atoms with E-state index in [2.05, 4.69) is 15.1 Å². The molecule has 0 radical (unpaired) electrons. The van der Waals surface area contributed by atoms with Gasteiger partial charge in [-0.15, -0.1) is 0 Å². The van der Waals surface area contributed by atoms with E-state index in [9.17, 15) is 4.79 Å². The molecule has 0 saturated carbocycles. The summed E-state index contributed by atoms with van der Waals surface area (Å²) < 4.78 is 1.71. The number of aryl methyl sites for hydroxylation is 2. The van der Waals surface area contributed by atoms with E-state index < -0.39 is 0 Å². The summed E-state index contributed by atoms with van der Waals surface area (Å²) in [5.41, 5.74) is 2.13. The summed E-state index contributed by atoms with van der Waals surface area (Å²) in [5.74, 6) is -0.147. The average molecular weight is 245 g/mol. The molecule has 6 heteroatoms. The fraction of sp³-hybridized carbons (Fsp3) is 0.333. The molecular weight excluding hydrogens is 230 g/mol. The molecule has 0 bridgehead atoms. The minimum atomic E-state index is -0.147. The van der Waals surface area contributed by atoms with Crippen molar-refractivity contribution >= 4 is 5.91 Å². The SMILES string of the molecule is Cc1cnc(C(=O)N(C)Cc2cnn(C)c2)cn1. The zero-order chi connectivity index (χ0) is 13.1. The number of carbonyl (C=O) groups is 1. The Morgan fingerprint density at radius 3 is 2.67 bits per heavy atom. The van der Waals surface area contributed by atoms with E-state index in [0.717, 1.165) is 11.3 Å². The first kappa shape index (κ1) is 12.2. The lowest BCUT2D eigenvalue weighted by atomic mass is 10.3. The summed E-state index contributed by atoms with van der Waals surface area (Å²) in [6.07, 6.45) is 6.71. The van der Waals surface area contributed by atoms with Gasteiger partial charge in [-0.3, -0.25) is 14.5 Å². The van der Waals surface area contributed by atoms with Crippen molar-refractivity contribution in [2.45, 2.75) is 13.5 Å². The molecule has 0 aliphatic heterocycles. The van der Waals surface area contributed by atoms with Gasteiger partial charge in [0.1, 0.15) is 5.69 Å². The largest absolute Gasteiger partial charge is 0.336 e. The standard InChI is InChI=1S/C12H15N5O/c1-9-4-14-11(6-13-9)12(18)16(2)7-10-5-15-17(3)8-10/h4-6,8H,7H2,1-3H3. The van der Waals surface area contributed by atoms with E-state index in [1.54, 1.807) is 29.0 Å². The van der Waals surface area contributed by atoms with Crippen molar-refractivity contribution in [2.75, 3.05) is 7.05 Å². The number of nitrogens with zero attached hydrogens (tertiary/aromatic N) is 5. The molecule has 2 aromatic rings. The molecule has 0 aromatic carbocycles. The Morgan fingerprint density at radius 2 is 2.11 bits per heavy atom. The number of hydrogen-bond donors (Lipinski definition) is 0. The first-order chi connectivity index (χ1) is 8.56. The van der Waals surface area contributed by atoms with Gasteiger partial charge < -0.3 is 4.90 Å². The summed E-state index contributed by atoms with van der Waals surface area (Å²) in [7, 11) is 3.58. The normalized spacial score (nSPS) is 10.4. The maximum atomic E-state index is 12.1. The van der Waals surface area contributed by atoms with Crippen LogP contribution in [0.4, 0.5) is 0 Å². The van der Waals surface area contributed by atoms with E-state index in [1.165, 1.54) is 6.20 Å². The molecular formula is C12H15N5O. The quantitative estimate of drug-likeness (QED) is 0.802. The second-order valence-corrected chi connectivity index (χ2v) is 4.23. The number of amides is 1. The molecule has 18 heavy (non-hydrogen) atoms. The zero-order valence-corrected chi connectivity index (χ0v) is 10.7. The van der Waals surface area contributed by atoms with Gasteiger partial charge in [-0.05, 0) is 6.92 Å². The third kappa shape index (κ3) is 2.71. The van der Waals surface area contributed by atoms with E-state index in [1.807, 2.05) is 20.2 Å². The summed E-state index contributed by atoms with van der Waals surface area (Å²) in [6, 6.07) is 0. The Balaban J connectivity index is 2.07. The summed E-state index contributed by atoms with van der Waals surface area (Å²) in [6.45, 7) is 2.34. The Morgan fingerprint density at radius 1 is 1.33 bits per heavy atom. The summed E-state index contributed by atoms with van der Waals surface area (Å²) in [4.78, 5) is 21.8. The van der Waals surface area contributed by atoms with Crippen LogP contribution in [0.15, 0.2) is 24.8 Å². The average Bonchev–Trinajstić information content (AvgIpc) is 2.75. The first-order valence-corrected chi connectivity index (χ1v) is 5.58. The Bertz CT molecular complexity index is 546. The molecule has 0 unspecified atom stereocenters. The predicted octanol–water partition coefficient (Wildman–Crippen LogP) is 0.791. The van der Waals surface area contributed by atoms with Crippen molar-refractivity contribution in [3.05, 3.63) is 41.7 Å². The molecule has 94 valence electrons. The lowest BCUT2D eigenvalue weighted by molar-refractivity contribution is 0.0778. The number of aromatic nitrogens is 4. The fourth-order valence-corrected chi connectivity index (χ4v) is 1.60. The first-order valence-electron chi connectivity index (χ1n) is 5.58. The van der Waals surface area contributed by atoms with E-state index in [-0.39, 0.29) is 5.91 Å². The molecule has 0 spiro atoms. The second-order valence-electron chi connectivity index (χ2n) is 4.23. The van der Waals surface area contributed by atoms with Crippen molar-refractivity contribution < 1.29 is 4.79 Å². The zero-order valence-electron chi connectivity index (χ0n) is 10.7. The van der Waals surface area contributed by atoms with Crippen LogP contribution in [0.25, 0.3) is 0 Å². The minimum absolute atomic E-state index is 0.147. The van der Waals surface area contributed by atoms with Crippen molar-refractivity contribution in [1.82, 2.24) is 24.6 Å². The number of carbonyl (C=O) groups excluding carboxylic acids is 1. The molecule has 0 aliphatic rings. The van der Waals surface area contributed by atoms with Crippen molar-refractivity contribution in [2.24, 2.45) is 7.05 Å². The van der Waals surface area contributed by atoms with Crippen molar-refractivity contribution in [3.8, 4) is 0 Å². The fourth-order valence-electron chi connectivity index (χ4n) is 1.60. The van der Waals surface area contributed by atoms with Crippen LogP contribution in [0.3, 0.4) is 0 Å². The highest BCUT2D eigenvalue weighted by molar-refractivity contribution is 5.91. The van der Waals surface area contributed by atoms with E-state index in [4.69, 9.17) is 0 Å². The highest BCUT2D eigenvalue weighted by Crippen LogP contribution is 2.05. The van der Waals surface area contributed by atoms with Crippen LogP contribution in [0.5, 0.6) is 0 Å². The van der Waals surface area contributed by atoms with Crippen LogP contribution < -0.4 is 0 Å². The van der Waals surface area contributed by atoms with Crippen LogP contribution in [0.1, 0.15) is 21.7 Å². The molecule has 0 atom stereocenters. The monoisotopic (exact) mass is 245 g/mol. The maximum absolute atomic E-state index is 12.1. The van der Waals surface area contributed by atoms with Crippen LogP contribution >= 0.6 is 0 Å². The van der Waals surface area contributed by atoms with Gasteiger partial charge in [0.15, 0.2) is 0 Å². The van der Waals surface area contributed by atoms with Gasteiger partial charge in [-0.1, -0.05) is 0 Å². The van der Waals surface area contributed by atoms with Gasteiger partial charge in [-0.2, -0.15) is 5.10 Å². The van der Waals surface area contributed by atoms with E-state index in [0.29, 0.717) is 12.2 Å². The number of hydrogen-bond acceptors (Lipinski definition) is 4. The highest BCUT2D eigenvalue weighted by Gasteiger charge is 2.14. The van der Waals surface area contributed by atoms with Crippen molar-refractivity contribution in [3.63, 3.8) is 0 Å². The third-order valence-corrected chi connectivity index (χ3v) is 2.52. The molecule has 0 aliphatic carbocycles. The smallest absolute Gasteiger partial charge is 0.274 e. The minimum Gasteiger partial charge on any atom is -0.336 e. The molecule has 2 rings (SSSR count). The molecule has 2 aromatic heterocycles. The molecule has 0 saturated heterocycles.